The quantitative estimate of drug-likeness (QED) is 0.822. The van der Waals surface area contributed by atoms with Gasteiger partial charge in [0.25, 0.3) is 0 Å². The van der Waals surface area contributed by atoms with Gasteiger partial charge in [0.2, 0.25) is 0 Å². The Bertz CT molecular complexity index is 395. The molecule has 0 fully saturated rings. The van der Waals surface area contributed by atoms with Crippen molar-refractivity contribution >= 4 is 17.6 Å². The highest BCUT2D eigenvalue weighted by Crippen LogP contribution is 2.27. The van der Waals surface area contributed by atoms with Gasteiger partial charge >= 0.3 is 5.97 Å². The first-order chi connectivity index (χ1) is 8.06. The van der Waals surface area contributed by atoms with Gasteiger partial charge in [-0.1, -0.05) is 37.6 Å². The van der Waals surface area contributed by atoms with Crippen molar-refractivity contribution in [1.82, 2.24) is 5.32 Å². The van der Waals surface area contributed by atoms with Gasteiger partial charge in [0.1, 0.15) is 5.54 Å². The van der Waals surface area contributed by atoms with Crippen molar-refractivity contribution in [3.8, 4) is 0 Å². The smallest absolute Gasteiger partial charge is 0.328 e. The number of hydrogen-bond acceptors (Lipinski definition) is 2. The molecular formula is C13H18ClNO2. The van der Waals surface area contributed by atoms with E-state index < -0.39 is 11.5 Å². The zero-order valence-corrected chi connectivity index (χ0v) is 10.9. The molecule has 3 nitrogen and oxygen atoms in total. The third kappa shape index (κ3) is 2.99. The monoisotopic (exact) mass is 255 g/mol. The summed E-state index contributed by atoms with van der Waals surface area (Å²) in [6.07, 6.45) is 1.36. The van der Waals surface area contributed by atoms with Crippen molar-refractivity contribution in [2.75, 3.05) is 6.54 Å². The fourth-order valence-electron chi connectivity index (χ4n) is 1.87. The lowest BCUT2D eigenvalue weighted by atomic mass is 9.87. The standard InChI is InChI=1S/C13H18ClNO2/c1-3-8-15-13(4-2,12(16)17)10-6-5-7-11(14)9-10/h5-7,9,15H,3-4,8H2,1-2H3,(H,16,17). The average molecular weight is 256 g/mol. The SMILES string of the molecule is CCCNC(CC)(C(=O)O)c1cccc(Cl)c1. The normalized spacial score (nSPS) is 14.3. The second-order valence-corrected chi connectivity index (χ2v) is 4.44. The molecule has 0 bridgehead atoms. The van der Waals surface area contributed by atoms with E-state index in [-0.39, 0.29) is 0 Å². The van der Waals surface area contributed by atoms with E-state index in [4.69, 9.17) is 11.6 Å². The van der Waals surface area contributed by atoms with E-state index >= 15 is 0 Å². The lowest BCUT2D eigenvalue weighted by molar-refractivity contribution is -0.145. The molecular weight excluding hydrogens is 238 g/mol. The maximum Gasteiger partial charge on any atom is 0.328 e. The van der Waals surface area contributed by atoms with Gasteiger partial charge in [-0.3, -0.25) is 5.32 Å². The van der Waals surface area contributed by atoms with Crippen LogP contribution in [0.5, 0.6) is 0 Å². The summed E-state index contributed by atoms with van der Waals surface area (Å²) in [5.74, 6) is -0.865. The van der Waals surface area contributed by atoms with Gasteiger partial charge < -0.3 is 5.11 Å². The average Bonchev–Trinajstić information content (AvgIpc) is 2.30. The molecule has 0 amide bonds. The highest BCUT2D eigenvalue weighted by Gasteiger charge is 2.37. The zero-order chi connectivity index (χ0) is 12.9. The summed E-state index contributed by atoms with van der Waals surface area (Å²) in [5, 5.41) is 13.2. The second-order valence-electron chi connectivity index (χ2n) is 4.00. The van der Waals surface area contributed by atoms with Crippen LogP contribution >= 0.6 is 11.6 Å². The number of benzene rings is 1. The largest absolute Gasteiger partial charge is 0.480 e. The molecule has 0 aliphatic carbocycles. The number of halogens is 1. The molecule has 0 aliphatic heterocycles. The first-order valence-electron chi connectivity index (χ1n) is 5.81. The molecule has 1 atom stereocenters. The van der Waals surface area contributed by atoms with Crippen LogP contribution in [-0.4, -0.2) is 17.6 Å². The lowest BCUT2D eigenvalue weighted by Crippen LogP contribution is -2.49. The van der Waals surface area contributed by atoms with Gasteiger partial charge in [-0.2, -0.15) is 0 Å². The van der Waals surface area contributed by atoms with Crippen molar-refractivity contribution in [2.24, 2.45) is 0 Å². The van der Waals surface area contributed by atoms with Crippen molar-refractivity contribution in [2.45, 2.75) is 32.2 Å². The molecule has 4 heteroatoms. The zero-order valence-electron chi connectivity index (χ0n) is 10.2. The topological polar surface area (TPSA) is 49.3 Å². The summed E-state index contributed by atoms with van der Waals surface area (Å²) in [6, 6.07) is 7.03. The number of carbonyl (C=O) groups is 1. The Morgan fingerprint density at radius 3 is 2.65 bits per heavy atom. The third-order valence-electron chi connectivity index (χ3n) is 2.89. The van der Waals surface area contributed by atoms with E-state index in [0.29, 0.717) is 23.6 Å². The number of hydrogen-bond donors (Lipinski definition) is 2. The fraction of sp³-hybridized carbons (Fsp3) is 0.462. The fourth-order valence-corrected chi connectivity index (χ4v) is 2.06. The minimum Gasteiger partial charge on any atom is -0.480 e. The highest BCUT2D eigenvalue weighted by molar-refractivity contribution is 6.30. The van der Waals surface area contributed by atoms with Gasteiger partial charge in [0.05, 0.1) is 0 Å². The van der Waals surface area contributed by atoms with Gasteiger partial charge in [-0.15, -0.1) is 0 Å². The number of aliphatic carboxylic acids is 1. The summed E-state index contributed by atoms with van der Waals surface area (Å²) in [5.41, 5.74) is -0.338. The molecule has 1 unspecified atom stereocenters. The van der Waals surface area contributed by atoms with E-state index in [9.17, 15) is 9.90 Å². The first kappa shape index (κ1) is 14.0. The van der Waals surface area contributed by atoms with Gasteiger partial charge in [-0.25, -0.2) is 4.79 Å². The van der Waals surface area contributed by atoms with Crippen molar-refractivity contribution in [3.05, 3.63) is 34.9 Å². The van der Waals surface area contributed by atoms with E-state index in [0.717, 1.165) is 6.42 Å². The number of nitrogens with one attached hydrogen (secondary N) is 1. The lowest BCUT2D eigenvalue weighted by Gasteiger charge is -2.30. The van der Waals surface area contributed by atoms with Gasteiger partial charge in [0.15, 0.2) is 0 Å². The Hall–Kier alpha value is -1.06. The van der Waals surface area contributed by atoms with Crippen LogP contribution in [0.4, 0.5) is 0 Å². The second kappa shape index (κ2) is 6.03. The summed E-state index contributed by atoms with van der Waals surface area (Å²) < 4.78 is 0. The van der Waals surface area contributed by atoms with Crippen LogP contribution in [0.2, 0.25) is 5.02 Å². The highest BCUT2D eigenvalue weighted by atomic mass is 35.5. The van der Waals surface area contributed by atoms with Crippen LogP contribution < -0.4 is 5.32 Å². The maximum absolute atomic E-state index is 11.6. The van der Waals surface area contributed by atoms with E-state index in [1.54, 1.807) is 24.3 Å². The van der Waals surface area contributed by atoms with Crippen LogP contribution in [0, 0.1) is 0 Å². The summed E-state index contributed by atoms with van der Waals surface area (Å²) in [4.78, 5) is 11.6. The molecule has 0 aliphatic rings. The number of carboxylic acid groups (broad SMARTS) is 1. The van der Waals surface area contributed by atoms with E-state index in [2.05, 4.69) is 5.32 Å². The van der Waals surface area contributed by atoms with Crippen molar-refractivity contribution < 1.29 is 9.90 Å². The Kier molecular flexibility index (Phi) is 4.97. The van der Waals surface area contributed by atoms with Crippen molar-refractivity contribution in [1.29, 1.82) is 0 Å². The molecule has 1 aromatic rings. The molecule has 2 N–H and O–H groups in total. The Labute approximate surface area is 107 Å². The molecule has 1 rings (SSSR count). The Balaban J connectivity index is 3.16. The van der Waals surface area contributed by atoms with Gasteiger partial charge in [0, 0.05) is 5.02 Å². The molecule has 0 aromatic heterocycles. The van der Waals surface area contributed by atoms with Crippen LogP contribution in [0.15, 0.2) is 24.3 Å². The maximum atomic E-state index is 11.6. The molecule has 0 heterocycles. The molecule has 94 valence electrons. The first-order valence-corrected chi connectivity index (χ1v) is 6.19. The number of carboxylic acids is 1. The third-order valence-corrected chi connectivity index (χ3v) is 3.12. The van der Waals surface area contributed by atoms with Crippen LogP contribution in [0.3, 0.4) is 0 Å². The molecule has 0 spiro atoms. The molecule has 0 saturated carbocycles. The minimum atomic E-state index is -1.04. The summed E-state index contributed by atoms with van der Waals surface area (Å²) in [6.45, 7) is 4.53. The van der Waals surface area contributed by atoms with E-state index in [1.165, 1.54) is 0 Å². The summed E-state index contributed by atoms with van der Waals surface area (Å²) in [7, 11) is 0. The van der Waals surface area contributed by atoms with Crippen molar-refractivity contribution in [3.63, 3.8) is 0 Å². The number of rotatable bonds is 6. The Morgan fingerprint density at radius 2 is 2.18 bits per heavy atom. The van der Waals surface area contributed by atoms with Crippen LogP contribution in [-0.2, 0) is 10.3 Å². The molecule has 0 saturated heterocycles. The predicted molar refractivity (Wildman–Crippen MR) is 69.4 cm³/mol. The molecule has 1 aromatic carbocycles. The van der Waals surface area contributed by atoms with Gasteiger partial charge in [-0.05, 0) is 37.1 Å². The van der Waals surface area contributed by atoms with Crippen LogP contribution in [0.1, 0.15) is 32.3 Å². The summed E-state index contributed by atoms with van der Waals surface area (Å²) >= 11 is 5.93. The van der Waals surface area contributed by atoms with Crippen LogP contribution in [0.25, 0.3) is 0 Å². The Morgan fingerprint density at radius 1 is 1.47 bits per heavy atom. The predicted octanol–water partition coefficient (Wildman–Crippen LogP) is 3.03. The van der Waals surface area contributed by atoms with E-state index in [1.807, 2.05) is 13.8 Å². The minimum absolute atomic E-state index is 0.475. The molecule has 0 radical (unpaired) electrons. The molecule has 17 heavy (non-hydrogen) atoms.